The largest absolute Gasteiger partial charge is 0.542 e. The summed E-state index contributed by atoms with van der Waals surface area (Å²) < 4.78 is 35.5. The van der Waals surface area contributed by atoms with Crippen molar-refractivity contribution in [1.82, 2.24) is 9.88 Å². The number of hydrogen-bond acceptors (Lipinski definition) is 4. The summed E-state index contributed by atoms with van der Waals surface area (Å²) in [5.74, 6) is -3.13. The Morgan fingerprint density at radius 3 is 2.33 bits per heavy atom. The first-order chi connectivity index (χ1) is 17.1. The van der Waals surface area contributed by atoms with Crippen LogP contribution >= 0.6 is 0 Å². The summed E-state index contributed by atoms with van der Waals surface area (Å²) >= 11 is 0. The molecule has 0 aliphatic rings. The standard InChI is InChI=1S/C24H20N4O.C2HF3O2/c1-27-11-9-18(10-12-27)16-26-24(29)23-14-21-7-2-3-8-22(21)28(23)17-20-6-4-5-19(13-20)15-25;3-2(4,5)1(6)7/h2-14H,16-17H2,1H3;(H,6,7). The van der Waals surface area contributed by atoms with E-state index in [1.165, 1.54) is 0 Å². The summed E-state index contributed by atoms with van der Waals surface area (Å²) in [6.07, 6.45) is -1.28. The lowest BCUT2D eigenvalue weighted by Crippen LogP contribution is -2.37. The zero-order valence-electron chi connectivity index (χ0n) is 19.1. The molecule has 1 N–H and O–H groups in total. The molecule has 2 heterocycles. The minimum absolute atomic E-state index is 0.120. The number of carbonyl (C=O) groups excluding carboxylic acids is 2. The highest BCUT2D eigenvalue weighted by atomic mass is 19.4. The number of para-hydroxylation sites is 1. The number of nitriles is 1. The van der Waals surface area contributed by atoms with E-state index in [1.54, 1.807) is 6.07 Å². The van der Waals surface area contributed by atoms with Crippen LogP contribution in [0.1, 0.15) is 27.2 Å². The third kappa shape index (κ3) is 6.70. The van der Waals surface area contributed by atoms with Crippen molar-refractivity contribution in [3.05, 3.63) is 102 Å². The number of carboxylic acids is 1. The first-order valence-corrected chi connectivity index (χ1v) is 10.7. The molecule has 4 rings (SSSR count). The summed E-state index contributed by atoms with van der Waals surface area (Å²) in [5, 5.41) is 22.0. The van der Waals surface area contributed by atoms with Crippen LogP contribution in [0.5, 0.6) is 0 Å². The van der Waals surface area contributed by atoms with Gasteiger partial charge >= 0.3 is 6.18 Å². The number of aryl methyl sites for hydroxylation is 1. The van der Waals surface area contributed by atoms with E-state index in [2.05, 4.69) is 11.4 Å². The minimum atomic E-state index is -5.19. The molecule has 0 aliphatic heterocycles. The number of hydrogen-bond donors (Lipinski definition) is 1. The number of carbonyl (C=O) groups is 2. The molecule has 0 aliphatic carbocycles. The SMILES string of the molecule is C[n+]1ccc(CNC(=O)c2cc3ccccc3n2Cc2cccc(C#N)c2)cc1.O=C([O-])C(F)(F)F. The molecule has 4 aromatic rings. The predicted octanol–water partition coefficient (Wildman–Crippen LogP) is 2.61. The van der Waals surface area contributed by atoms with E-state index in [4.69, 9.17) is 9.90 Å². The van der Waals surface area contributed by atoms with Crippen molar-refractivity contribution in [3.8, 4) is 6.07 Å². The van der Waals surface area contributed by atoms with E-state index in [1.807, 2.05) is 89.2 Å². The van der Waals surface area contributed by atoms with Crippen LogP contribution in [0.3, 0.4) is 0 Å². The van der Waals surface area contributed by atoms with Crippen molar-refractivity contribution < 1.29 is 32.4 Å². The van der Waals surface area contributed by atoms with Crippen molar-refractivity contribution in [2.75, 3.05) is 0 Å². The lowest BCUT2D eigenvalue weighted by Gasteiger charge is -2.12. The van der Waals surface area contributed by atoms with Crippen molar-refractivity contribution >= 4 is 22.8 Å². The molecular weight excluding hydrogens is 473 g/mol. The van der Waals surface area contributed by atoms with E-state index in [0.29, 0.717) is 24.3 Å². The molecule has 0 spiro atoms. The third-order valence-electron chi connectivity index (χ3n) is 5.17. The second-order valence-electron chi connectivity index (χ2n) is 7.83. The van der Waals surface area contributed by atoms with Gasteiger partial charge in [0.05, 0.1) is 11.6 Å². The fourth-order valence-corrected chi connectivity index (χ4v) is 3.41. The van der Waals surface area contributed by atoms with Gasteiger partial charge in [-0.15, -0.1) is 0 Å². The molecule has 36 heavy (non-hydrogen) atoms. The summed E-state index contributed by atoms with van der Waals surface area (Å²) in [7, 11) is 1.96. The monoisotopic (exact) mass is 494 g/mol. The van der Waals surface area contributed by atoms with Gasteiger partial charge < -0.3 is 19.8 Å². The molecule has 0 fully saturated rings. The van der Waals surface area contributed by atoms with Crippen molar-refractivity contribution in [1.29, 1.82) is 5.26 Å². The fourth-order valence-electron chi connectivity index (χ4n) is 3.41. The molecule has 0 bridgehead atoms. The maximum Gasteiger partial charge on any atom is 0.430 e. The van der Waals surface area contributed by atoms with Crippen LogP contribution in [0.25, 0.3) is 10.9 Å². The number of benzene rings is 2. The fraction of sp³-hybridized carbons (Fsp3) is 0.154. The highest BCUT2D eigenvalue weighted by Gasteiger charge is 2.28. The van der Waals surface area contributed by atoms with Crippen LogP contribution in [-0.2, 0) is 24.9 Å². The smallest absolute Gasteiger partial charge is 0.430 e. The lowest BCUT2D eigenvalue weighted by atomic mass is 10.1. The molecular formula is C26H21F3N4O3. The van der Waals surface area contributed by atoms with E-state index in [0.717, 1.165) is 22.0 Å². The molecule has 0 saturated heterocycles. The quantitative estimate of drug-likeness (QED) is 0.431. The molecule has 1 amide bonds. The third-order valence-corrected chi connectivity index (χ3v) is 5.17. The maximum absolute atomic E-state index is 13.0. The van der Waals surface area contributed by atoms with Crippen LogP contribution in [0.2, 0.25) is 0 Å². The van der Waals surface area contributed by atoms with Gasteiger partial charge in [-0.05, 0) is 35.4 Å². The summed E-state index contributed by atoms with van der Waals surface area (Å²) in [6.45, 7) is 0.984. The number of alkyl halides is 3. The van der Waals surface area contributed by atoms with E-state index in [-0.39, 0.29) is 5.91 Å². The number of fused-ring (bicyclic) bond motifs is 1. The maximum atomic E-state index is 13.0. The molecule has 7 nitrogen and oxygen atoms in total. The Kier molecular flexibility index (Phi) is 8.07. The number of rotatable bonds is 5. The number of carboxylic acid groups (broad SMARTS) is 1. The second-order valence-corrected chi connectivity index (χ2v) is 7.83. The number of aromatic nitrogens is 2. The molecule has 2 aromatic heterocycles. The molecule has 0 atom stereocenters. The molecule has 184 valence electrons. The second kappa shape index (κ2) is 11.2. The topological polar surface area (TPSA) is 102 Å². The Bertz CT molecular complexity index is 1420. The number of pyridine rings is 1. The van der Waals surface area contributed by atoms with Crippen molar-refractivity contribution in [2.24, 2.45) is 7.05 Å². The lowest BCUT2D eigenvalue weighted by molar-refractivity contribution is -0.671. The first kappa shape index (κ1) is 26.0. The van der Waals surface area contributed by atoms with E-state index >= 15 is 0 Å². The average Bonchev–Trinajstić information content (AvgIpc) is 3.22. The summed E-state index contributed by atoms with van der Waals surface area (Å²) in [4.78, 5) is 21.8. The number of nitrogens with one attached hydrogen (secondary N) is 1. The van der Waals surface area contributed by atoms with Gasteiger partial charge in [0.2, 0.25) is 0 Å². The van der Waals surface area contributed by atoms with E-state index < -0.39 is 12.1 Å². The van der Waals surface area contributed by atoms with Gasteiger partial charge in [0, 0.05) is 36.1 Å². The Labute approximate surface area is 204 Å². The summed E-state index contributed by atoms with van der Waals surface area (Å²) in [5.41, 5.74) is 4.24. The van der Waals surface area contributed by atoms with Crippen LogP contribution in [0.15, 0.2) is 79.1 Å². The molecule has 0 saturated carbocycles. The van der Waals surface area contributed by atoms with Gasteiger partial charge in [-0.2, -0.15) is 18.4 Å². The van der Waals surface area contributed by atoms with Crippen molar-refractivity contribution in [2.45, 2.75) is 19.3 Å². The van der Waals surface area contributed by atoms with Gasteiger partial charge in [0.1, 0.15) is 18.7 Å². The molecule has 0 unspecified atom stereocenters. The van der Waals surface area contributed by atoms with Gasteiger partial charge in [-0.1, -0.05) is 30.3 Å². The number of halogens is 3. The van der Waals surface area contributed by atoms with Gasteiger partial charge in [0.15, 0.2) is 12.4 Å². The molecule has 2 aromatic carbocycles. The van der Waals surface area contributed by atoms with Crippen LogP contribution in [0, 0.1) is 11.3 Å². The van der Waals surface area contributed by atoms with Gasteiger partial charge in [-0.25, -0.2) is 4.57 Å². The Morgan fingerprint density at radius 1 is 1.03 bits per heavy atom. The van der Waals surface area contributed by atoms with Crippen molar-refractivity contribution in [3.63, 3.8) is 0 Å². The highest BCUT2D eigenvalue weighted by Crippen LogP contribution is 2.22. The average molecular weight is 494 g/mol. The zero-order valence-corrected chi connectivity index (χ0v) is 19.1. The first-order valence-electron chi connectivity index (χ1n) is 10.7. The highest BCUT2D eigenvalue weighted by molar-refractivity contribution is 5.98. The normalized spacial score (nSPS) is 10.8. The van der Waals surface area contributed by atoms with Gasteiger partial charge in [0.25, 0.3) is 5.91 Å². The number of amides is 1. The predicted molar refractivity (Wildman–Crippen MR) is 122 cm³/mol. The minimum Gasteiger partial charge on any atom is -0.542 e. The number of aliphatic carboxylic acids is 1. The molecule has 0 radical (unpaired) electrons. The molecule has 10 heteroatoms. The van der Waals surface area contributed by atoms with Gasteiger partial charge in [-0.3, -0.25) is 4.79 Å². The Hall–Kier alpha value is -4.65. The Balaban J connectivity index is 0.000000454. The van der Waals surface area contributed by atoms with Crippen LogP contribution in [0.4, 0.5) is 13.2 Å². The van der Waals surface area contributed by atoms with Crippen LogP contribution < -0.4 is 15.0 Å². The Morgan fingerprint density at radius 2 is 1.69 bits per heavy atom. The summed E-state index contributed by atoms with van der Waals surface area (Å²) in [6, 6.07) is 23.5. The van der Waals surface area contributed by atoms with E-state index in [9.17, 15) is 23.2 Å². The zero-order chi connectivity index (χ0) is 26.3. The number of nitrogens with zero attached hydrogens (tertiary/aromatic N) is 3. The van der Waals surface area contributed by atoms with Crippen LogP contribution in [-0.4, -0.2) is 22.6 Å².